The highest BCUT2D eigenvalue weighted by Gasteiger charge is 2.20. The van der Waals surface area contributed by atoms with Gasteiger partial charge in [0.05, 0.1) is 16.0 Å². The highest BCUT2D eigenvalue weighted by Crippen LogP contribution is 2.30. The molecule has 148 valence electrons. The van der Waals surface area contributed by atoms with Crippen LogP contribution in [-0.4, -0.2) is 48.7 Å². The van der Waals surface area contributed by atoms with Crippen LogP contribution in [0.15, 0.2) is 47.4 Å². The van der Waals surface area contributed by atoms with Crippen molar-refractivity contribution in [2.75, 3.05) is 37.8 Å². The highest BCUT2D eigenvalue weighted by molar-refractivity contribution is 8.00. The SMILES string of the molecule is Cc1ccc2nc(N(CCCN(C)C)C(=O)CSc3ccc(Cl)cc3)sc2c1. The molecule has 1 heterocycles. The first-order valence-corrected chi connectivity index (χ1v) is 11.3. The number of carbonyl (C=O) groups excluding carboxylic acids is 1. The molecule has 3 aromatic rings. The molecule has 1 aromatic heterocycles. The predicted octanol–water partition coefficient (Wildman–Crippen LogP) is 5.34. The van der Waals surface area contributed by atoms with Crippen LogP contribution in [-0.2, 0) is 4.79 Å². The van der Waals surface area contributed by atoms with Gasteiger partial charge in [0.15, 0.2) is 5.13 Å². The number of hydrogen-bond donors (Lipinski definition) is 0. The van der Waals surface area contributed by atoms with Crippen molar-refractivity contribution >= 4 is 56.0 Å². The summed E-state index contributed by atoms with van der Waals surface area (Å²) < 4.78 is 1.12. The molecular formula is C21H24ClN3OS2. The van der Waals surface area contributed by atoms with Crippen LogP contribution in [0, 0.1) is 6.92 Å². The summed E-state index contributed by atoms with van der Waals surface area (Å²) in [5.41, 5.74) is 2.15. The molecule has 0 N–H and O–H groups in total. The number of benzene rings is 2. The van der Waals surface area contributed by atoms with Crippen molar-refractivity contribution in [3.63, 3.8) is 0 Å². The normalized spacial score (nSPS) is 11.3. The van der Waals surface area contributed by atoms with Gasteiger partial charge in [-0.15, -0.1) is 11.8 Å². The number of nitrogens with zero attached hydrogens (tertiary/aromatic N) is 3. The Balaban J connectivity index is 1.76. The minimum absolute atomic E-state index is 0.0782. The van der Waals surface area contributed by atoms with E-state index < -0.39 is 0 Å². The number of rotatable bonds is 8. The standard InChI is InChI=1S/C21H24ClN3OS2/c1-15-5-10-18-19(13-15)28-21(23-18)25(12-4-11-24(2)3)20(26)14-27-17-8-6-16(22)7-9-17/h5-10,13H,4,11-12,14H2,1-3H3. The zero-order valence-electron chi connectivity index (χ0n) is 16.3. The average molecular weight is 434 g/mol. The Kier molecular flexibility index (Phi) is 7.35. The van der Waals surface area contributed by atoms with Gasteiger partial charge in [-0.1, -0.05) is 29.0 Å². The monoisotopic (exact) mass is 433 g/mol. The number of thioether (sulfide) groups is 1. The number of amides is 1. The fourth-order valence-corrected chi connectivity index (χ4v) is 4.77. The van der Waals surface area contributed by atoms with Crippen LogP contribution in [0.4, 0.5) is 5.13 Å². The van der Waals surface area contributed by atoms with Gasteiger partial charge in [-0.05, 0) is 75.9 Å². The lowest BCUT2D eigenvalue weighted by Crippen LogP contribution is -2.34. The van der Waals surface area contributed by atoms with E-state index in [4.69, 9.17) is 16.6 Å². The molecule has 0 saturated carbocycles. The number of hydrogen-bond acceptors (Lipinski definition) is 5. The molecular weight excluding hydrogens is 410 g/mol. The van der Waals surface area contributed by atoms with E-state index in [0.717, 1.165) is 33.2 Å². The quantitative estimate of drug-likeness (QED) is 0.449. The third-order valence-corrected chi connectivity index (χ3v) is 6.52. The molecule has 0 aliphatic heterocycles. The van der Waals surface area contributed by atoms with Crippen LogP contribution >= 0.6 is 34.7 Å². The molecule has 0 radical (unpaired) electrons. The maximum Gasteiger partial charge on any atom is 0.239 e. The zero-order valence-corrected chi connectivity index (χ0v) is 18.7. The van der Waals surface area contributed by atoms with Crippen molar-refractivity contribution in [1.82, 2.24) is 9.88 Å². The van der Waals surface area contributed by atoms with Crippen molar-refractivity contribution in [2.45, 2.75) is 18.2 Å². The summed E-state index contributed by atoms with van der Waals surface area (Å²) in [6, 6.07) is 13.8. The first-order chi connectivity index (χ1) is 13.4. The van der Waals surface area contributed by atoms with Crippen LogP contribution in [0.3, 0.4) is 0 Å². The predicted molar refractivity (Wildman–Crippen MR) is 122 cm³/mol. The Labute approximate surface area is 179 Å². The summed E-state index contributed by atoms with van der Waals surface area (Å²) >= 11 is 9.05. The lowest BCUT2D eigenvalue weighted by atomic mass is 10.2. The van der Waals surface area contributed by atoms with Crippen LogP contribution in [0.25, 0.3) is 10.2 Å². The van der Waals surface area contributed by atoms with E-state index >= 15 is 0 Å². The van der Waals surface area contributed by atoms with Crippen LogP contribution in [0.2, 0.25) is 5.02 Å². The Morgan fingerprint density at radius 1 is 1.14 bits per heavy atom. The molecule has 4 nitrogen and oxygen atoms in total. The molecule has 0 fully saturated rings. The summed E-state index contributed by atoms with van der Waals surface area (Å²) in [6.07, 6.45) is 0.902. The Morgan fingerprint density at radius 3 is 2.61 bits per heavy atom. The van der Waals surface area contributed by atoms with Gasteiger partial charge in [0.2, 0.25) is 5.91 Å². The first-order valence-electron chi connectivity index (χ1n) is 9.13. The molecule has 7 heteroatoms. The molecule has 0 aliphatic rings. The second-order valence-electron chi connectivity index (χ2n) is 6.91. The van der Waals surface area contributed by atoms with E-state index in [2.05, 4.69) is 24.0 Å². The average Bonchev–Trinajstić information content (AvgIpc) is 3.07. The van der Waals surface area contributed by atoms with Crippen molar-refractivity contribution in [1.29, 1.82) is 0 Å². The molecule has 28 heavy (non-hydrogen) atoms. The second-order valence-corrected chi connectivity index (χ2v) is 9.41. The molecule has 0 saturated heterocycles. The number of aryl methyl sites for hydroxylation is 1. The molecule has 3 rings (SSSR count). The van der Waals surface area contributed by atoms with Gasteiger partial charge in [0.25, 0.3) is 0 Å². The van der Waals surface area contributed by atoms with Gasteiger partial charge in [-0.2, -0.15) is 0 Å². The summed E-state index contributed by atoms with van der Waals surface area (Å²) in [4.78, 5) is 22.8. The fraction of sp³-hybridized carbons (Fsp3) is 0.333. The van der Waals surface area contributed by atoms with Gasteiger partial charge in [0.1, 0.15) is 0 Å². The van der Waals surface area contributed by atoms with Crippen LogP contribution < -0.4 is 4.90 Å². The van der Waals surface area contributed by atoms with Crippen molar-refractivity contribution in [2.24, 2.45) is 0 Å². The van der Waals surface area contributed by atoms with E-state index in [1.165, 1.54) is 17.3 Å². The fourth-order valence-electron chi connectivity index (χ4n) is 2.76. The Morgan fingerprint density at radius 2 is 1.89 bits per heavy atom. The molecule has 0 atom stereocenters. The largest absolute Gasteiger partial charge is 0.309 e. The molecule has 0 spiro atoms. The molecule has 0 bridgehead atoms. The maximum absolute atomic E-state index is 13.0. The molecule has 0 unspecified atom stereocenters. The Bertz CT molecular complexity index is 940. The van der Waals surface area contributed by atoms with E-state index in [1.807, 2.05) is 49.3 Å². The van der Waals surface area contributed by atoms with E-state index in [0.29, 0.717) is 17.3 Å². The summed E-state index contributed by atoms with van der Waals surface area (Å²) in [7, 11) is 4.09. The third kappa shape index (κ3) is 5.70. The van der Waals surface area contributed by atoms with Gasteiger partial charge in [-0.25, -0.2) is 4.98 Å². The van der Waals surface area contributed by atoms with Crippen LogP contribution in [0.5, 0.6) is 0 Å². The topological polar surface area (TPSA) is 36.4 Å². The lowest BCUT2D eigenvalue weighted by Gasteiger charge is -2.21. The number of fused-ring (bicyclic) bond motifs is 1. The zero-order chi connectivity index (χ0) is 20.1. The van der Waals surface area contributed by atoms with Crippen molar-refractivity contribution < 1.29 is 4.79 Å². The van der Waals surface area contributed by atoms with Crippen LogP contribution in [0.1, 0.15) is 12.0 Å². The molecule has 0 aliphatic carbocycles. The van der Waals surface area contributed by atoms with Crippen molar-refractivity contribution in [3.8, 4) is 0 Å². The van der Waals surface area contributed by atoms with Gasteiger partial charge in [-0.3, -0.25) is 9.69 Å². The maximum atomic E-state index is 13.0. The molecule has 2 aromatic carbocycles. The van der Waals surface area contributed by atoms with Gasteiger partial charge >= 0.3 is 0 Å². The van der Waals surface area contributed by atoms with Gasteiger partial charge in [0, 0.05) is 16.5 Å². The van der Waals surface area contributed by atoms with E-state index in [9.17, 15) is 4.79 Å². The van der Waals surface area contributed by atoms with E-state index in [-0.39, 0.29) is 5.91 Å². The smallest absolute Gasteiger partial charge is 0.239 e. The highest BCUT2D eigenvalue weighted by atomic mass is 35.5. The minimum atomic E-state index is 0.0782. The number of aromatic nitrogens is 1. The third-order valence-electron chi connectivity index (χ3n) is 4.23. The number of thiazole rings is 1. The lowest BCUT2D eigenvalue weighted by molar-refractivity contribution is -0.116. The summed E-state index contributed by atoms with van der Waals surface area (Å²) in [5.74, 6) is 0.452. The second kappa shape index (κ2) is 9.74. The summed E-state index contributed by atoms with van der Waals surface area (Å²) in [6.45, 7) is 3.66. The first kappa shape index (κ1) is 21.1. The van der Waals surface area contributed by atoms with Crippen molar-refractivity contribution in [3.05, 3.63) is 53.1 Å². The minimum Gasteiger partial charge on any atom is -0.309 e. The number of anilines is 1. The van der Waals surface area contributed by atoms with Gasteiger partial charge < -0.3 is 4.90 Å². The summed E-state index contributed by atoms with van der Waals surface area (Å²) in [5, 5.41) is 1.48. The Hall–Kier alpha value is -1.60. The number of carbonyl (C=O) groups is 1. The number of halogens is 1. The molecule has 1 amide bonds. The van der Waals surface area contributed by atoms with E-state index in [1.54, 1.807) is 11.3 Å².